The van der Waals surface area contributed by atoms with E-state index in [1.165, 1.54) is 0 Å². The molecular weight excluding hydrogens is 1170 g/mol. The van der Waals surface area contributed by atoms with E-state index in [2.05, 4.69) is 167 Å². The van der Waals surface area contributed by atoms with E-state index in [0.29, 0.717) is 19.3 Å². The molecule has 0 amide bonds. The molecule has 16 nitrogen and oxygen atoms in total. The van der Waals surface area contributed by atoms with Crippen molar-refractivity contribution < 1.29 is 75.8 Å². The SMILES string of the molecule is CC/C=C\C/C=C\C/C=C\C/C=C\C/C=C\CCCCCC(=O)OCC(O)COP(=O)(O)OCC(O)COP(=O)(O)OCC(COC(=O)CCCCCCCC/C=C\C/C=C\C/C=C\C/C=C\CC)OC(=O)CCCCCCC/C=C\C/C=C\C/C=C\CC. The van der Waals surface area contributed by atoms with E-state index in [1.807, 2.05) is 0 Å². The van der Waals surface area contributed by atoms with Gasteiger partial charge < -0.3 is 34.2 Å². The summed E-state index contributed by atoms with van der Waals surface area (Å²) in [7, 11) is -9.80. The zero-order valence-corrected chi connectivity index (χ0v) is 56.3. The van der Waals surface area contributed by atoms with Crippen LogP contribution in [0.3, 0.4) is 0 Å². The van der Waals surface area contributed by atoms with Gasteiger partial charge >= 0.3 is 33.6 Å². The molecule has 0 spiro atoms. The van der Waals surface area contributed by atoms with Crippen molar-refractivity contribution in [2.45, 2.75) is 245 Å². The van der Waals surface area contributed by atoms with E-state index in [9.17, 15) is 43.5 Å². The van der Waals surface area contributed by atoms with Crippen LogP contribution in [0.25, 0.3) is 0 Å². The highest BCUT2D eigenvalue weighted by molar-refractivity contribution is 7.47. The summed E-state index contributed by atoms with van der Waals surface area (Å²) in [6.07, 6.45) is 74.7. The molecule has 5 unspecified atom stereocenters. The van der Waals surface area contributed by atoms with Crippen molar-refractivity contribution in [3.05, 3.63) is 146 Å². The molecule has 18 heteroatoms. The first kappa shape index (κ1) is 84.4. The number of phosphoric acid groups is 2. The van der Waals surface area contributed by atoms with E-state index in [-0.39, 0.29) is 19.3 Å². The van der Waals surface area contributed by atoms with Gasteiger partial charge in [0.25, 0.3) is 0 Å². The number of rotatable bonds is 61. The number of carbonyl (C=O) groups excluding carboxylic acids is 3. The molecule has 0 saturated heterocycles. The third kappa shape index (κ3) is 64.8. The maximum absolute atomic E-state index is 12.9. The van der Waals surface area contributed by atoms with E-state index in [1.54, 1.807) is 0 Å². The van der Waals surface area contributed by atoms with Crippen LogP contribution in [0.15, 0.2) is 146 Å². The Labute approximate surface area is 537 Å². The summed E-state index contributed by atoms with van der Waals surface area (Å²) in [5, 5.41) is 20.5. The van der Waals surface area contributed by atoms with Crippen LogP contribution >= 0.6 is 15.6 Å². The van der Waals surface area contributed by atoms with Crippen LogP contribution < -0.4 is 0 Å². The van der Waals surface area contributed by atoms with Gasteiger partial charge in [0.05, 0.1) is 26.4 Å². The van der Waals surface area contributed by atoms with Gasteiger partial charge in [-0.2, -0.15) is 0 Å². The summed E-state index contributed by atoms with van der Waals surface area (Å²) < 4.78 is 60.8. The van der Waals surface area contributed by atoms with Crippen molar-refractivity contribution >= 4 is 33.6 Å². The fraction of sp³-hybridized carbons (Fsp3) is 0.620. The molecule has 5 atom stereocenters. The van der Waals surface area contributed by atoms with Crippen LogP contribution in [0.2, 0.25) is 0 Å². The molecule has 89 heavy (non-hydrogen) atoms. The zero-order valence-electron chi connectivity index (χ0n) is 54.5. The van der Waals surface area contributed by atoms with Crippen LogP contribution in [0.4, 0.5) is 0 Å². The lowest BCUT2D eigenvalue weighted by Gasteiger charge is -2.21. The number of allylic oxidation sites excluding steroid dienone is 24. The molecular formula is C71H116O16P2. The number of esters is 3. The molecule has 0 rings (SSSR count). The van der Waals surface area contributed by atoms with Gasteiger partial charge in [-0.25, -0.2) is 9.13 Å². The number of ether oxygens (including phenoxy) is 3. The number of hydrogen-bond acceptors (Lipinski definition) is 14. The number of aliphatic hydroxyl groups is 2. The number of unbranched alkanes of at least 4 members (excludes halogenated alkanes) is 14. The van der Waals surface area contributed by atoms with Crippen molar-refractivity contribution in [1.82, 2.24) is 0 Å². The minimum absolute atomic E-state index is 0.0756. The topological polar surface area (TPSA) is 231 Å². The maximum atomic E-state index is 12.9. The molecule has 0 aromatic carbocycles. The number of aliphatic hydroxyl groups excluding tert-OH is 2. The molecule has 0 aliphatic carbocycles. The van der Waals surface area contributed by atoms with E-state index in [0.717, 1.165) is 167 Å². The van der Waals surface area contributed by atoms with Gasteiger partial charge in [-0.3, -0.25) is 32.5 Å². The highest BCUT2D eigenvalue weighted by atomic mass is 31.2. The second-order valence-electron chi connectivity index (χ2n) is 21.5. The highest BCUT2D eigenvalue weighted by Crippen LogP contribution is 2.45. The molecule has 0 saturated carbocycles. The summed E-state index contributed by atoms with van der Waals surface area (Å²) in [6, 6.07) is 0. The largest absolute Gasteiger partial charge is 0.472 e. The molecule has 0 fully saturated rings. The molecule has 506 valence electrons. The molecule has 0 aliphatic rings. The Hall–Kier alpha value is -4.57. The first-order chi connectivity index (χ1) is 43.2. The van der Waals surface area contributed by atoms with Gasteiger partial charge in [0.1, 0.15) is 25.4 Å². The smallest absolute Gasteiger partial charge is 0.463 e. The minimum atomic E-state index is -4.94. The first-order valence-electron chi connectivity index (χ1n) is 33.1. The van der Waals surface area contributed by atoms with Crippen LogP contribution in [0, 0.1) is 0 Å². The van der Waals surface area contributed by atoms with Gasteiger partial charge in [0, 0.05) is 19.3 Å². The Morgan fingerprint density at radius 2 is 0.562 bits per heavy atom. The normalized spacial score (nSPS) is 15.2. The lowest BCUT2D eigenvalue weighted by atomic mass is 10.1. The highest BCUT2D eigenvalue weighted by Gasteiger charge is 2.29. The predicted octanol–water partition coefficient (Wildman–Crippen LogP) is 18.2. The zero-order chi connectivity index (χ0) is 65.3. The summed E-state index contributed by atoms with van der Waals surface area (Å²) in [5.41, 5.74) is 0. The van der Waals surface area contributed by atoms with E-state index < -0.39 is 91.5 Å². The Kier molecular flexibility index (Phi) is 60.3. The van der Waals surface area contributed by atoms with Gasteiger partial charge in [-0.05, 0) is 135 Å². The number of phosphoric ester groups is 2. The van der Waals surface area contributed by atoms with Crippen LogP contribution in [-0.2, 0) is 55.8 Å². The Balaban J connectivity index is 4.76. The molecule has 0 aromatic rings. The summed E-state index contributed by atoms with van der Waals surface area (Å²) >= 11 is 0. The molecule has 0 aliphatic heterocycles. The van der Waals surface area contributed by atoms with Crippen molar-refractivity contribution in [2.75, 3.05) is 39.6 Å². The van der Waals surface area contributed by atoms with Crippen molar-refractivity contribution in [3.8, 4) is 0 Å². The first-order valence-corrected chi connectivity index (χ1v) is 36.1. The minimum Gasteiger partial charge on any atom is -0.463 e. The van der Waals surface area contributed by atoms with Crippen molar-refractivity contribution in [1.29, 1.82) is 0 Å². The van der Waals surface area contributed by atoms with Gasteiger partial charge in [-0.15, -0.1) is 0 Å². The summed E-state index contributed by atoms with van der Waals surface area (Å²) in [4.78, 5) is 58.3. The fourth-order valence-corrected chi connectivity index (χ4v) is 9.66. The van der Waals surface area contributed by atoms with Gasteiger partial charge in [-0.1, -0.05) is 218 Å². The molecule has 0 radical (unpaired) electrons. The Morgan fingerprint density at radius 3 is 0.899 bits per heavy atom. The summed E-state index contributed by atoms with van der Waals surface area (Å²) in [5.74, 6) is -1.65. The van der Waals surface area contributed by atoms with E-state index in [4.69, 9.17) is 32.3 Å². The molecule has 0 heterocycles. The average molecular weight is 1290 g/mol. The third-order valence-corrected chi connectivity index (χ3v) is 14.9. The molecule has 0 bridgehead atoms. The second-order valence-corrected chi connectivity index (χ2v) is 24.4. The lowest BCUT2D eigenvalue weighted by molar-refractivity contribution is -0.161. The second kappa shape index (κ2) is 63.6. The lowest BCUT2D eigenvalue weighted by Crippen LogP contribution is -2.30. The van der Waals surface area contributed by atoms with Gasteiger partial charge in [0.15, 0.2) is 6.10 Å². The third-order valence-electron chi connectivity index (χ3n) is 13.0. The average Bonchev–Trinajstić information content (AvgIpc) is 3.54. The quantitative estimate of drug-likeness (QED) is 0.0146. The Bertz CT molecular complexity index is 2210. The summed E-state index contributed by atoms with van der Waals surface area (Å²) in [6.45, 7) is 2.22. The standard InChI is InChI=1S/C71H116O16P2/c1-4-7-10-13-16-19-22-25-28-30-32-34-37-39-42-45-48-51-54-57-69(74)81-60-66(72)61-83-88(77,78)84-62-67(73)63-85-89(79,80)86-65-68(87-71(76)59-56-53-50-47-44-41-36-27-24-21-18-15-12-9-6-3)64-82-70(75)58-55-52-49-46-43-40-38-35-33-31-29-26-23-20-17-14-11-8-5-2/h7-12,16-21,25-29,32-36,39,42,66-68,72-73H,4-6,13-15,22-24,30-31,37-38,40-41,43-65H2,1-3H3,(H,77,78)(H,79,80)/b10-7-,11-8-,12-9-,19-16-,20-17-,21-18-,28-25-,29-26-,34-32-,35-33-,36-27-,42-39-. The number of carbonyl (C=O) groups is 3. The van der Waals surface area contributed by atoms with Crippen molar-refractivity contribution in [3.63, 3.8) is 0 Å². The molecule has 0 aromatic heterocycles. The van der Waals surface area contributed by atoms with Crippen LogP contribution in [0.1, 0.15) is 226 Å². The fourth-order valence-electron chi connectivity index (χ4n) is 8.07. The maximum Gasteiger partial charge on any atom is 0.472 e. The van der Waals surface area contributed by atoms with E-state index >= 15 is 0 Å². The Morgan fingerprint density at radius 1 is 0.315 bits per heavy atom. The van der Waals surface area contributed by atoms with Crippen molar-refractivity contribution in [2.24, 2.45) is 0 Å². The predicted molar refractivity (Wildman–Crippen MR) is 362 cm³/mol. The van der Waals surface area contributed by atoms with Crippen LogP contribution in [-0.4, -0.2) is 95.9 Å². The number of hydrogen-bond donors (Lipinski definition) is 4. The molecule has 4 N–H and O–H groups in total. The van der Waals surface area contributed by atoms with Gasteiger partial charge in [0.2, 0.25) is 0 Å². The monoisotopic (exact) mass is 1290 g/mol. The van der Waals surface area contributed by atoms with Crippen LogP contribution in [0.5, 0.6) is 0 Å².